The predicted octanol–water partition coefficient (Wildman–Crippen LogP) is 5.25. The summed E-state index contributed by atoms with van der Waals surface area (Å²) in [4.78, 5) is 0. The first-order chi connectivity index (χ1) is 8.81. The van der Waals surface area contributed by atoms with Gasteiger partial charge in [-0.1, -0.05) is 51.3 Å². The molecule has 1 atom stereocenters. The van der Waals surface area contributed by atoms with Crippen molar-refractivity contribution >= 4 is 10.9 Å². The van der Waals surface area contributed by atoms with E-state index in [0.29, 0.717) is 0 Å². The highest BCUT2D eigenvalue weighted by Crippen LogP contribution is 2.18. The third-order valence-electron chi connectivity index (χ3n) is 3.83. The van der Waals surface area contributed by atoms with Crippen molar-refractivity contribution in [3.8, 4) is 0 Å². The van der Waals surface area contributed by atoms with Crippen LogP contribution in [-0.4, -0.2) is 4.57 Å². The molecule has 1 heteroatoms. The first-order valence-corrected chi connectivity index (χ1v) is 7.35. The monoisotopic (exact) mass is 243 g/mol. The van der Waals surface area contributed by atoms with E-state index in [1.54, 1.807) is 0 Å². The van der Waals surface area contributed by atoms with Crippen molar-refractivity contribution in [2.75, 3.05) is 0 Å². The Kier molecular flexibility index (Phi) is 4.86. The number of aryl methyl sites for hydroxylation is 1. The first kappa shape index (κ1) is 13.2. The summed E-state index contributed by atoms with van der Waals surface area (Å²) in [6.45, 7) is 5.83. The Morgan fingerprint density at radius 1 is 1.06 bits per heavy atom. The summed E-state index contributed by atoms with van der Waals surface area (Å²) in [7, 11) is 0. The Balaban J connectivity index is 1.83. The van der Waals surface area contributed by atoms with Gasteiger partial charge in [0.25, 0.3) is 0 Å². The van der Waals surface area contributed by atoms with Gasteiger partial charge in [0, 0.05) is 18.3 Å². The summed E-state index contributed by atoms with van der Waals surface area (Å²) in [5, 5.41) is 1.36. The normalized spacial score (nSPS) is 13.0. The Hall–Kier alpha value is -1.24. The predicted molar refractivity (Wildman–Crippen MR) is 79.9 cm³/mol. The molecule has 0 saturated heterocycles. The molecule has 0 N–H and O–H groups in total. The third kappa shape index (κ3) is 3.38. The van der Waals surface area contributed by atoms with Crippen LogP contribution in [0.25, 0.3) is 10.9 Å². The van der Waals surface area contributed by atoms with E-state index in [0.717, 1.165) is 12.5 Å². The molecule has 0 bridgehead atoms. The molecular weight excluding hydrogens is 218 g/mol. The topological polar surface area (TPSA) is 4.93 Å². The van der Waals surface area contributed by atoms with Gasteiger partial charge in [-0.3, -0.25) is 0 Å². The number of unbranched alkanes of at least 4 members (excludes halogenated alkanes) is 1. The summed E-state index contributed by atoms with van der Waals surface area (Å²) in [5.74, 6) is 0.881. The molecule has 1 aromatic carbocycles. The van der Waals surface area contributed by atoms with Crippen molar-refractivity contribution in [3.63, 3.8) is 0 Å². The van der Waals surface area contributed by atoms with Crippen LogP contribution >= 0.6 is 0 Å². The average Bonchev–Trinajstić information content (AvgIpc) is 2.80. The van der Waals surface area contributed by atoms with Crippen molar-refractivity contribution in [3.05, 3.63) is 36.5 Å². The zero-order valence-corrected chi connectivity index (χ0v) is 11.7. The molecule has 0 amide bonds. The van der Waals surface area contributed by atoms with E-state index >= 15 is 0 Å². The molecule has 0 saturated carbocycles. The molecule has 0 aliphatic carbocycles. The van der Waals surface area contributed by atoms with Crippen LogP contribution in [-0.2, 0) is 6.54 Å². The van der Waals surface area contributed by atoms with Gasteiger partial charge in [-0.05, 0) is 36.3 Å². The summed E-state index contributed by atoms with van der Waals surface area (Å²) >= 11 is 0. The van der Waals surface area contributed by atoms with E-state index in [1.807, 2.05) is 0 Å². The minimum atomic E-state index is 0.881. The van der Waals surface area contributed by atoms with E-state index in [-0.39, 0.29) is 0 Å². The smallest absolute Gasteiger partial charge is 0.0480 e. The fourth-order valence-electron chi connectivity index (χ4n) is 2.64. The number of aromatic nitrogens is 1. The number of para-hydroxylation sites is 1. The molecular formula is C17H25N. The van der Waals surface area contributed by atoms with E-state index < -0.39 is 0 Å². The lowest BCUT2D eigenvalue weighted by Crippen LogP contribution is -2.00. The van der Waals surface area contributed by atoms with Gasteiger partial charge in [-0.15, -0.1) is 0 Å². The third-order valence-corrected chi connectivity index (χ3v) is 3.83. The number of nitrogens with zero attached hydrogens (tertiary/aromatic N) is 1. The van der Waals surface area contributed by atoms with Crippen LogP contribution in [0.3, 0.4) is 0 Å². The highest BCUT2D eigenvalue weighted by molar-refractivity contribution is 5.79. The van der Waals surface area contributed by atoms with E-state index in [1.165, 1.54) is 43.0 Å². The highest BCUT2D eigenvalue weighted by atomic mass is 14.9. The Bertz CT molecular complexity index is 469. The van der Waals surface area contributed by atoms with Gasteiger partial charge >= 0.3 is 0 Å². The maximum atomic E-state index is 2.39. The largest absolute Gasteiger partial charge is 0.347 e. The van der Waals surface area contributed by atoms with Crippen molar-refractivity contribution in [1.29, 1.82) is 0 Å². The van der Waals surface area contributed by atoms with Crippen molar-refractivity contribution < 1.29 is 0 Å². The SMILES string of the molecule is CCCCC(C)CCCn1ccc2ccccc21. The number of rotatable bonds is 7. The van der Waals surface area contributed by atoms with Gasteiger partial charge < -0.3 is 4.57 Å². The van der Waals surface area contributed by atoms with Crippen LogP contribution in [0.1, 0.15) is 46.0 Å². The Morgan fingerprint density at radius 2 is 1.83 bits per heavy atom. The van der Waals surface area contributed by atoms with Crippen LogP contribution in [0.5, 0.6) is 0 Å². The van der Waals surface area contributed by atoms with Crippen molar-refractivity contribution in [1.82, 2.24) is 4.57 Å². The summed E-state index contributed by atoms with van der Waals surface area (Å²) in [5.41, 5.74) is 1.37. The second kappa shape index (κ2) is 6.63. The molecule has 1 nitrogen and oxygen atoms in total. The quantitative estimate of drug-likeness (QED) is 0.626. The van der Waals surface area contributed by atoms with Gasteiger partial charge in [0.15, 0.2) is 0 Å². The van der Waals surface area contributed by atoms with Gasteiger partial charge in [0.05, 0.1) is 0 Å². The van der Waals surface area contributed by atoms with Crippen LogP contribution in [0, 0.1) is 5.92 Å². The highest BCUT2D eigenvalue weighted by Gasteiger charge is 2.03. The molecule has 18 heavy (non-hydrogen) atoms. The van der Waals surface area contributed by atoms with Crippen LogP contribution in [0.2, 0.25) is 0 Å². The van der Waals surface area contributed by atoms with Crippen LogP contribution in [0.15, 0.2) is 36.5 Å². The fraction of sp³-hybridized carbons (Fsp3) is 0.529. The Labute approximate surface area is 111 Å². The molecule has 0 spiro atoms. The molecule has 0 aliphatic heterocycles. The second-order valence-electron chi connectivity index (χ2n) is 5.46. The standard InChI is InChI=1S/C17H25N/c1-3-4-8-15(2)9-7-13-18-14-12-16-10-5-6-11-17(16)18/h5-6,10-12,14-15H,3-4,7-9,13H2,1-2H3. The summed E-state index contributed by atoms with van der Waals surface area (Å²) < 4.78 is 2.39. The van der Waals surface area contributed by atoms with E-state index in [2.05, 4.69) is 54.9 Å². The molecule has 0 fully saturated rings. The molecule has 0 aliphatic rings. The minimum absolute atomic E-state index is 0.881. The first-order valence-electron chi connectivity index (χ1n) is 7.35. The van der Waals surface area contributed by atoms with Crippen molar-refractivity contribution in [2.24, 2.45) is 5.92 Å². The molecule has 2 rings (SSSR count). The molecule has 98 valence electrons. The van der Waals surface area contributed by atoms with Gasteiger partial charge in [0.1, 0.15) is 0 Å². The number of fused-ring (bicyclic) bond motifs is 1. The van der Waals surface area contributed by atoms with E-state index in [9.17, 15) is 0 Å². The molecule has 2 aromatic rings. The maximum Gasteiger partial charge on any atom is 0.0480 e. The Morgan fingerprint density at radius 3 is 2.67 bits per heavy atom. The molecule has 1 unspecified atom stereocenters. The van der Waals surface area contributed by atoms with Gasteiger partial charge in [-0.2, -0.15) is 0 Å². The lowest BCUT2D eigenvalue weighted by molar-refractivity contribution is 0.441. The van der Waals surface area contributed by atoms with Crippen LogP contribution < -0.4 is 0 Å². The fourth-order valence-corrected chi connectivity index (χ4v) is 2.64. The van der Waals surface area contributed by atoms with Gasteiger partial charge in [0.2, 0.25) is 0 Å². The number of hydrogen-bond acceptors (Lipinski definition) is 0. The van der Waals surface area contributed by atoms with Gasteiger partial charge in [-0.25, -0.2) is 0 Å². The second-order valence-corrected chi connectivity index (χ2v) is 5.46. The lowest BCUT2D eigenvalue weighted by atomic mass is 9.99. The van der Waals surface area contributed by atoms with Crippen LogP contribution in [0.4, 0.5) is 0 Å². The zero-order chi connectivity index (χ0) is 12.8. The number of benzene rings is 1. The van der Waals surface area contributed by atoms with Crippen molar-refractivity contribution in [2.45, 2.75) is 52.5 Å². The molecule has 1 aromatic heterocycles. The summed E-state index contributed by atoms with van der Waals surface area (Å²) in [6, 6.07) is 10.9. The molecule has 0 radical (unpaired) electrons. The van der Waals surface area contributed by atoms with E-state index in [4.69, 9.17) is 0 Å². The number of hydrogen-bond donors (Lipinski definition) is 0. The lowest BCUT2D eigenvalue weighted by Gasteiger charge is -2.11. The average molecular weight is 243 g/mol. The molecule has 1 heterocycles. The summed E-state index contributed by atoms with van der Waals surface area (Å²) in [6.07, 6.45) is 8.97. The minimum Gasteiger partial charge on any atom is -0.347 e. The maximum absolute atomic E-state index is 2.39. The zero-order valence-electron chi connectivity index (χ0n) is 11.7.